The van der Waals surface area contributed by atoms with Crippen LogP contribution in [0.3, 0.4) is 0 Å². The van der Waals surface area contributed by atoms with Crippen molar-refractivity contribution in [3.05, 3.63) is 59.7 Å². The Morgan fingerprint density at radius 3 is 2.27 bits per heavy atom. The Bertz CT molecular complexity index is 790. The maximum atomic E-state index is 12.2. The van der Waals surface area contributed by atoms with E-state index in [-0.39, 0.29) is 12.0 Å². The highest BCUT2D eigenvalue weighted by molar-refractivity contribution is 5.79. The molecule has 4 heteroatoms. The first-order chi connectivity index (χ1) is 12.7. The van der Waals surface area contributed by atoms with Crippen LogP contribution >= 0.6 is 0 Å². The van der Waals surface area contributed by atoms with Gasteiger partial charge in [-0.05, 0) is 54.0 Å². The summed E-state index contributed by atoms with van der Waals surface area (Å²) < 4.78 is 5.59. The van der Waals surface area contributed by atoms with Gasteiger partial charge in [0.25, 0.3) is 0 Å². The normalized spacial score (nSPS) is 25.8. The van der Waals surface area contributed by atoms with Gasteiger partial charge in [-0.15, -0.1) is 0 Å². The molecule has 0 atom stereocenters. The molecule has 0 aromatic heterocycles. The van der Waals surface area contributed by atoms with Crippen molar-refractivity contribution in [1.29, 1.82) is 0 Å². The Labute approximate surface area is 153 Å². The van der Waals surface area contributed by atoms with Crippen LogP contribution in [0.4, 0.5) is 4.79 Å². The summed E-state index contributed by atoms with van der Waals surface area (Å²) in [5.74, 6) is 0.711. The molecule has 0 radical (unpaired) electrons. The van der Waals surface area contributed by atoms with Crippen LogP contribution in [0.5, 0.6) is 0 Å². The standard InChI is InChI=1S/C22H24N2O2/c25-21(23-13-15-11-22(12-15)9-10-24-22)26-14-20-18-7-3-1-5-16(18)17-6-2-4-8-19(17)20/h1-8,15,20,24H,9-14H2,(H,23,25). The van der Waals surface area contributed by atoms with E-state index < -0.39 is 0 Å². The lowest BCUT2D eigenvalue weighted by Crippen LogP contribution is -2.65. The van der Waals surface area contributed by atoms with Gasteiger partial charge < -0.3 is 15.4 Å². The number of benzene rings is 2. The predicted octanol–water partition coefficient (Wildman–Crippen LogP) is 3.67. The molecule has 1 heterocycles. The average Bonchev–Trinajstić information content (AvgIpc) is 2.91. The lowest BCUT2D eigenvalue weighted by atomic mass is 9.63. The zero-order chi connectivity index (χ0) is 17.6. The van der Waals surface area contributed by atoms with Crippen LogP contribution in [-0.4, -0.2) is 31.3 Å². The summed E-state index contributed by atoms with van der Waals surface area (Å²) in [6.45, 7) is 2.25. The first-order valence-corrected chi connectivity index (χ1v) is 9.58. The van der Waals surface area contributed by atoms with Gasteiger partial charge in [0.15, 0.2) is 0 Å². The van der Waals surface area contributed by atoms with Crippen molar-refractivity contribution in [2.45, 2.75) is 30.7 Å². The number of rotatable bonds is 4. The minimum atomic E-state index is -0.297. The molecule has 4 nitrogen and oxygen atoms in total. The molecule has 134 valence electrons. The van der Waals surface area contributed by atoms with Crippen LogP contribution in [0.2, 0.25) is 0 Å². The molecule has 26 heavy (non-hydrogen) atoms. The molecule has 2 N–H and O–H groups in total. The molecule has 2 aromatic carbocycles. The monoisotopic (exact) mass is 348 g/mol. The Kier molecular flexibility index (Phi) is 3.75. The second-order valence-electron chi connectivity index (χ2n) is 7.94. The highest BCUT2D eigenvalue weighted by Crippen LogP contribution is 2.45. The number of amides is 1. The quantitative estimate of drug-likeness (QED) is 0.886. The Hall–Kier alpha value is -2.33. The third-order valence-electron chi connectivity index (χ3n) is 6.34. The Morgan fingerprint density at radius 2 is 1.69 bits per heavy atom. The predicted molar refractivity (Wildman–Crippen MR) is 101 cm³/mol. The second kappa shape index (κ2) is 6.13. The highest BCUT2D eigenvalue weighted by Gasteiger charge is 2.47. The summed E-state index contributed by atoms with van der Waals surface area (Å²) >= 11 is 0. The molecular formula is C22H24N2O2. The summed E-state index contributed by atoms with van der Waals surface area (Å²) in [7, 11) is 0. The fourth-order valence-corrected chi connectivity index (χ4v) is 4.89. The summed E-state index contributed by atoms with van der Waals surface area (Å²) in [6, 6.07) is 16.8. The molecule has 1 saturated carbocycles. The smallest absolute Gasteiger partial charge is 0.407 e. The molecule has 1 saturated heterocycles. The van der Waals surface area contributed by atoms with Gasteiger partial charge in [-0.2, -0.15) is 0 Å². The maximum Gasteiger partial charge on any atom is 0.407 e. The van der Waals surface area contributed by atoms with Crippen LogP contribution in [0.1, 0.15) is 36.3 Å². The fourth-order valence-electron chi connectivity index (χ4n) is 4.89. The van der Waals surface area contributed by atoms with E-state index in [1.54, 1.807) is 0 Å². The number of alkyl carbamates (subject to hydrolysis) is 1. The van der Waals surface area contributed by atoms with E-state index in [0.29, 0.717) is 18.1 Å². The molecule has 0 bridgehead atoms. The van der Waals surface area contributed by atoms with Gasteiger partial charge in [0.05, 0.1) is 0 Å². The van der Waals surface area contributed by atoms with E-state index in [4.69, 9.17) is 4.74 Å². The van der Waals surface area contributed by atoms with Crippen molar-refractivity contribution in [1.82, 2.24) is 10.6 Å². The van der Waals surface area contributed by atoms with Crippen LogP contribution in [0.15, 0.2) is 48.5 Å². The molecule has 2 aliphatic carbocycles. The van der Waals surface area contributed by atoms with E-state index in [1.807, 2.05) is 0 Å². The maximum absolute atomic E-state index is 12.2. The molecule has 1 amide bonds. The number of carbonyl (C=O) groups excluding carboxylic acids is 1. The summed E-state index contributed by atoms with van der Waals surface area (Å²) in [5, 5.41) is 6.47. The number of hydrogen-bond acceptors (Lipinski definition) is 3. The number of nitrogens with one attached hydrogen (secondary N) is 2. The average molecular weight is 348 g/mol. The number of fused-ring (bicyclic) bond motifs is 3. The van der Waals surface area contributed by atoms with Gasteiger partial charge in [0.1, 0.15) is 6.61 Å². The second-order valence-corrected chi connectivity index (χ2v) is 7.94. The number of hydrogen-bond donors (Lipinski definition) is 2. The van der Waals surface area contributed by atoms with Crippen LogP contribution in [0.25, 0.3) is 11.1 Å². The Balaban J connectivity index is 1.18. The first-order valence-electron chi connectivity index (χ1n) is 9.58. The lowest BCUT2D eigenvalue weighted by Gasteiger charge is -2.55. The molecule has 1 spiro atoms. The zero-order valence-corrected chi connectivity index (χ0v) is 14.8. The lowest BCUT2D eigenvalue weighted by molar-refractivity contribution is 0.0386. The van der Waals surface area contributed by atoms with Crippen molar-refractivity contribution >= 4 is 6.09 Å². The summed E-state index contributed by atoms with van der Waals surface area (Å²) in [4.78, 5) is 12.2. The topological polar surface area (TPSA) is 50.4 Å². The van der Waals surface area contributed by atoms with Crippen molar-refractivity contribution in [2.24, 2.45) is 5.92 Å². The van der Waals surface area contributed by atoms with Gasteiger partial charge in [-0.3, -0.25) is 0 Å². The third-order valence-corrected chi connectivity index (χ3v) is 6.34. The van der Waals surface area contributed by atoms with Crippen molar-refractivity contribution in [3.8, 4) is 11.1 Å². The van der Waals surface area contributed by atoms with Gasteiger partial charge in [0.2, 0.25) is 0 Å². The minimum absolute atomic E-state index is 0.124. The van der Waals surface area contributed by atoms with Crippen LogP contribution in [-0.2, 0) is 4.74 Å². The third kappa shape index (κ3) is 2.60. The summed E-state index contributed by atoms with van der Waals surface area (Å²) in [6.07, 6.45) is 3.34. The summed E-state index contributed by atoms with van der Waals surface area (Å²) in [5.41, 5.74) is 5.42. The fraction of sp³-hybridized carbons (Fsp3) is 0.409. The van der Waals surface area contributed by atoms with Gasteiger partial charge >= 0.3 is 6.09 Å². The Morgan fingerprint density at radius 1 is 1.08 bits per heavy atom. The number of carbonyl (C=O) groups is 1. The van der Waals surface area contributed by atoms with E-state index in [2.05, 4.69) is 59.2 Å². The molecule has 2 fully saturated rings. The van der Waals surface area contributed by atoms with E-state index in [9.17, 15) is 4.79 Å². The SMILES string of the molecule is O=C(NCC1CC2(CCN2)C1)OCC1c2ccccc2-c2ccccc21. The van der Waals surface area contributed by atoms with Gasteiger partial charge in [0, 0.05) is 18.0 Å². The molecule has 5 rings (SSSR count). The number of ether oxygens (including phenoxy) is 1. The van der Waals surface area contributed by atoms with Crippen molar-refractivity contribution < 1.29 is 9.53 Å². The molecule has 2 aromatic rings. The molecule has 3 aliphatic rings. The van der Waals surface area contributed by atoms with E-state index in [0.717, 1.165) is 13.1 Å². The molecule has 1 aliphatic heterocycles. The van der Waals surface area contributed by atoms with Crippen molar-refractivity contribution in [3.63, 3.8) is 0 Å². The largest absolute Gasteiger partial charge is 0.449 e. The highest BCUT2D eigenvalue weighted by atomic mass is 16.5. The van der Waals surface area contributed by atoms with Crippen molar-refractivity contribution in [2.75, 3.05) is 19.7 Å². The van der Waals surface area contributed by atoms with Crippen LogP contribution < -0.4 is 10.6 Å². The van der Waals surface area contributed by atoms with E-state index >= 15 is 0 Å². The molecule has 0 unspecified atom stereocenters. The molecular weight excluding hydrogens is 324 g/mol. The van der Waals surface area contributed by atoms with Gasteiger partial charge in [-0.25, -0.2) is 4.79 Å². The first kappa shape index (κ1) is 15.9. The minimum Gasteiger partial charge on any atom is -0.449 e. The zero-order valence-electron chi connectivity index (χ0n) is 14.8. The van der Waals surface area contributed by atoms with Crippen LogP contribution in [0, 0.1) is 5.92 Å². The van der Waals surface area contributed by atoms with Gasteiger partial charge in [-0.1, -0.05) is 48.5 Å². The van der Waals surface area contributed by atoms with E-state index in [1.165, 1.54) is 41.5 Å².